The first-order valence-corrected chi connectivity index (χ1v) is 6.55. The lowest BCUT2D eigenvalue weighted by Gasteiger charge is -2.17. The Bertz CT molecular complexity index is 241. The van der Waals surface area contributed by atoms with Crippen LogP contribution in [0.2, 0.25) is 0 Å². The van der Waals surface area contributed by atoms with Crippen molar-refractivity contribution in [2.24, 2.45) is 17.6 Å². The third kappa shape index (κ3) is 5.37. The van der Waals surface area contributed by atoms with Gasteiger partial charge in [0.1, 0.15) is 0 Å². The fraction of sp³-hybridized carbons (Fsp3) is 0.875. The number of rotatable bonds is 6. The molecule has 5 nitrogen and oxygen atoms in total. The van der Waals surface area contributed by atoms with Gasteiger partial charge < -0.3 is 15.7 Å². The molecule has 0 spiro atoms. The number of carboxylic acid groups (broad SMARTS) is 1. The Morgan fingerprint density at radius 2 is 2.00 bits per heavy atom. The molecule has 0 saturated carbocycles. The second kappa shape index (κ2) is 5.49. The van der Waals surface area contributed by atoms with E-state index in [1.165, 1.54) is 0 Å². The number of hydrogen-bond acceptors (Lipinski definition) is 3. The third-order valence-corrected chi connectivity index (χ3v) is 3.48. The van der Waals surface area contributed by atoms with Crippen molar-refractivity contribution in [3.8, 4) is 0 Å². The molecule has 0 aromatic carbocycles. The maximum Gasteiger partial charge on any atom is 0.307 e. The van der Waals surface area contributed by atoms with Crippen LogP contribution in [-0.4, -0.2) is 28.4 Å². The van der Waals surface area contributed by atoms with E-state index in [1.54, 1.807) is 0 Å². The van der Waals surface area contributed by atoms with Gasteiger partial charge in [0.2, 0.25) is 7.37 Å². The normalized spacial score (nSPS) is 17.8. The van der Waals surface area contributed by atoms with Crippen LogP contribution in [0, 0.1) is 11.8 Å². The zero-order chi connectivity index (χ0) is 11.4. The predicted molar refractivity (Wildman–Crippen MR) is 54.3 cm³/mol. The van der Waals surface area contributed by atoms with Crippen molar-refractivity contribution >= 4 is 13.3 Å². The van der Waals surface area contributed by atoms with Gasteiger partial charge in [0.15, 0.2) is 0 Å². The first-order valence-electron chi connectivity index (χ1n) is 4.52. The molecule has 0 aromatic rings. The number of hydrogen-bond donors (Lipinski definition) is 3. The quantitative estimate of drug-likeness (QED) is 0.581. The summed E-state index contributed by atoms with van der Waals surface area (Å²) < 4.78 is 11.2. The Hall–Kier alpha value is -0.380. The van der Waals surface area contributed by atoms with E-state index >= 15 is 0 Å². The Balaban J connectivity index is 4.38. The second-order valence-electron chi connectivity index (χ2n) is 3.88. The number of carboxylic acids is 1. The topological polar surface area (TPSA) is 101 Å². The molecular formula is C8H18NO4P. The Kier molecular flexibility index (Phi) is 5.34. The van der Waals surface area contributed by atoms with Gasteiger partial charge in [-0.2, -0.15) is 0 Å². The average Bonchev–Trinajstić information content (AvgIpc) is 2.02. The fourth-order valence-corrected chi connectivity index (χ4v) is 2.38. The van der Waals surface area contributed by atoms with Crippen LogP contribution < -0.4 is 5.73 Å². The molecule has 0 aliphatic carbocycles. The molecule has 84 valence electrons. The van der Waals surface area contributed by atoms with Crippen LogP contribution in [-0.2, 0) is 9.36 Å². The second-order valence-corrected chi connectivity index (χ2v) is 6.30. The monoisotopic (exact) mass is 223 g/mol. The van der Waals surface area contributed by atoms with Gasteiger partial charge in [-0.3, -0.25) is 9.36 Å². The summed E-state index contributed by atoms with van der Waals surface area (Å²) in [6, 6.07) is 0. The lowest BCUT2D eigenvalue weighted by atomic mass is 9.99. The molecule has 0 radical (unpaired) electrons. The van der Waals surface area contributed by atoms with E-state index in [9.17, 15) is 14.3 Å². The highest BCUT2D eigenvalue weighted by molar-refractivity contribution is 7.57. The van der Waals surface area contributed by atoms with E-state index in [4.69, 9.17) is 10.8 Å². The summed E-state index contributed by atoms with van der Waals surface area (Å²) in [5.41, 5.74) is 5.08. The van der Waals surface area contributed by atoms with Crippen LogP contribution in [0.25, 0.3) is 0 Å². The van der Waals surface area contributed by atoms with Gasteiger partial charge in [-0.1, -0.05) is 13.8 Å². The van der Waals surface area contributed by atoms with Crippen LogP contribution in [0.15, 0.2) is 0 Å². The fourth-order valence-electron chi connectivity index (χ4n) is 1.24. The molecule has 0 rings (SSSR count). The highest BCUT2D eigenvalue weighted by atomic mass is 31.2. The number of aliphatic carboxylic acids is 1. The molecule has 0 bridgehead atoms. The third-order valence-electron chi connectivity index (χ3n) is 1.90. The van der Waals surface area contributed by atoms with Crippen molar-refractivity contribution in [2.75, 3.05) is 12.4 Å². The van der Waals surface area contributed by atoms with Crippen LogP contribution in [0.4, 0.5) is 0 Å². The van der Waals surface area contributed by atoms with Crippen LogP contribution >= 0.6 is 7.37 Å². The molecule has 14 heavy (non-hydrogen) atoms. The minimum absolute atomic E-state index is 0.189. The van der Waals surface area contributed by atoms with Crippen molar-refractivity contribution in [3.05, 3.63) is 0 Å². The van der Waals surface area contributed by atoms with E-state index in [0.29, 0.717) is 6.42 Å². The maximum absolute atomic E-state index is 11.2. The molecular weight excluding hydrogens is 205 g/mol. The first kappa shape index (κ1) is 13.6. The zero-order valence-electron chi connectivity index (χ0n) is 8.51. The van der Waals surface area contributed by atoms with Gasteiger partial charge >= 0.3 is 5.97 Å². The highest BCUT2D eigenvalue weighted by Gasteiger charge is 2.28. The van der Waals surface area contributed by atoms with Gasteiger partial charge in [-0.25, -0.2) is 0 Å². The van der Waals surface area contributed by atoms with Crippen molar-refractivity contribution in [1.29, 1.82) is 0 Å². The summed E-state index contributed by atoms with van der Waals surface area (Å²) in [4.78, 5) is 20.0. The predicted octanol–water partition coefficient (Wildman–Crippen LogP) is 0.920. The Morgan fingerprint density at radius 1 is 1.50 bits per heavy atom. The molecule has 0 saturated heterocycles. The first-order chi connectivity index (χ1) is 6.28. The van der Waals surface area contributed by atoms with E-state index in [1.807, 2.05) is 13.8 Å². The molecule has 0 aliphatic rings. The average molecular weight is 223 g/mol. The van der Waals surface area contributed by atoms with Crippen molar-refractivity contribution in [1.82, 2.24) is 0 Å². The van der Waals surface area contributed by atoms with E-state index in [2.05, 4.69) is 0 Å². The number of carbonyl (C=O) groups is 1. The standard InChI is InChI=1S/C8H18NO4P/c1-6(2)3-7(8(10)11)4-14(12,13)5-9/h6-7H,3-5,9H2,1-2H3,(H,10,11)(H,12,13). The molecule has 0 aliphatic heterocycles. The molecule has 6 heteroatoms. The van der Waals surface area contributed by atoms with Crippen molar-refractivity contribution in [3.63, 3.8) is 0 Å². The summed E-state index contributed by atoms with van der Waals surface area (Å²) >= 11 is 0. The van der Waals surface area contributed by atoms with Gasteiger partial charge in [-0.05, 0) is 12.3 Å². The molecule has 4 N–H and O–H groups in total. The Morgan fingerprint density at radius 3 is 2.29 bits per heavy atom. The largest absolute Gasteiger partial charge is 0.481 e. The SMILES string of the molecule is CC(C)CC(CP(=O)(O)CN)C(=O)O. The van der Waals surface area contributed by atoms with Crippen LogP contribution in [0.1, 0.15) is 20.3 Å². The Labute approximate surface area is 83.8 Å². The molecule has 0 heterocycles. The van der Waals surface area contributed by atoms with E-state index in [0.717, 1.165) is 0 Å². The summed E-state index contributed by atoms with van der Waals surface area (Å²) in [5, 5.41) is 8.81. The van der Waals surface area contributed by atoms with Gasteiger partial charge in [-0.15, -0.1) is 0 Å². The summed E-state index contributed by atoms with van der Waals surface area (Å²) in [6.07, 6.45) is -0.175. The molecule has 2 atom stereocenters. The minimum Gasteiger partial charge on any atom is -0.481 e. The molecule has 0 aromatic heterocycles. The van der Waals surface area contributed by atoms with E-state index < -0.39 is 19.3 Å². The van der Waals surface area contributed by atoms with Crippen LogP contribution in [0.3, 0.4) is 0 Å². The van der Waals surface area contributed by atoms with Gasteiger partial charge in [0.25, 0.3) is 0 Å². The summed E-state index contributed by atoms with van der Waals surface area (Å²) in [5.74, 6) is -1.61. The lowest BCUT2D eigenvalue weighted by molar-refractivity contribution is -0.141. The minimum atomic E-state index is -3.44. The lowest BCUT2D eigenvalue weighted by Crippen LogP contribution is -2.21. The summed E-state index contributed by atoms with van der Waals surface area (Å²) in [7, 11) is -3.44. The zero-order valence-corrected chi connectivity index (χ0v) is 9.41. The van der Waals surface area contributed by atoms with Crippen molar-refractivity contribution in [2.45, 2.75) is 20.3 Å². The van der Waals surface area contributed by atoms with Gasteiger partial charge in [0, 0.05) is 6.16 Å². The summed E-state index contributed by atoms with van der Waals surface area (Å²) in [6.45, 7) is 3.75. The maximum atomic E-state index is 11.2. The highest BCUT2D eigenvalue weighted by Crippen LogP contribution is 2.41. The van der Waals surface area contributed by atoms with Gasteiger partial charge in [0.05, 0.1) is 12.2 Å². The van der Waals surface area contributed by atoms with E-state index in [-0.39, 0.29) is 18.4 Å². The molecule has 0 amide bonds. The number of nitrogens with two attached hydrogens (primary N) is 1. The smallest absolute Gasteiger partial charge is 0.307 e. The van der Waals surface area contributed by atoms with Crippen LogP contribution in [0.5, 0.6) is 0 Å². The molecule has 0 fully saturated rings. The molecule has 2 unspecified atom stereocenters. The van der Waals surface area contributed by atoms with Crippen molar-refractivity contribution < 1.29 is 19.4 Å².